The van der Waals surface area contributed by atoms with Crippen LogP contribution in [0.25, 0.3) is 71.7 Å². The Morgan fingerprint density at radius 2 is 0.938 bits per heavy atom. The molecule has 9 aromatic rings. The smallest absolute Gasteiger partial charge is 0.0788 e. The second-order valence-electron chi connectivity index (χ2n) is 12.2. The summed E-state index contributed by atoms with van der Waals surface area (Å²) >= 11 is 0. The van der Waals surface area contributed by atoms with Gasteiger partial charge in [-0.25, -0.2) is 0 Å². The average Bonchev–Trinajstić information content (AvgIpc) is 3.68. The molecule has 2 heteroatoms. The maximum Gasteiger partial charge on any atom is 0.0788 e. The molecule has 0 spiro atoms. The van der Waals surface area contributed by atoms with E-state index in [1.165, 1.54) is 60.3 Å². The first-order chi connectivity index (χ1) is 23.8. The van der Waals surface area contributed by atoms with Gasteiger partial charge in [0.1, 0.15) is 0 Å². The van der Waals surface area contributed by atoms with Crippen LogP contribution in [-0.2, 0) is 0 Å². The summed E-state index contributed by atoms with van der Waals surface area (Å²) in [6.45, 7) is 4.00. The number of para-hydroxylation sites is 2. The van der Waals surface area contributed by atoms with E-state index in [-0.39, 0.29) is 0 Å². The van der Waals surface area contributed by atoms with Gasteiger partial charge in [-0.1, -0.05) is 152 Å². The van der Waals surface area contributed by atoms with Gasteiger partial charge in [-0.3, -0.25) is 0 Å². The minimum Gasteiger partial charge on any atom is -0.307 e. The third kappa shape index (κ3) is 4.42. The van der Waals surface area contributed by atoms with E-state index in [4.69, 9.17) is 0 Å². The SMILES string of the molecule is C=C/C=C(\c1ccccc1)c1ccc(-n2c3ccccc3c3ccc4c5ccccc5n(-c5cccc(-c6ccccc6)c5)c4c32)cc1. The summed E-state index contributed by atoms with van der Waals surface area (Å²) in [6, 6.07) is 61.2. The van der Waals surface area contributed by atoms with Gasteiger partial charge in [0, 0.05) is 32.9 Å². The van der Waals surface area contributed by atoms with Crippen molar-refractivity contribution in [1.29, 1.82) is 0 Å². The molecule has 226 valence electrons. The number of hydrogen-bond acceptors (Lipinski definition) is 0. The molecule has 0 bridgehead atoms. The molecule has 9 rings (SSSR count). The normalized spacial score (nSPS) is 12.0. The zero-order chi connectivity index (χ0) is 32.0. The molecule has 0 aliphatic rings. The Morgan fingerprint density at radius 1 is 0.417 bits per heavy atom. The van der Waals surface area contributed by atoms with E-state index in [2.05, 4.69) is 192 Å². The summed E-state index contributed by atoms with van der Waals surface area (Å²) in [5, 5.41) is 4.96. The van der Waals surface area contributed by atoms with Crippen LogP contribution in [0.1, 0.15) is 11.1 Å². The molecule has 7 aromatic carbocycles. The molecule has 2 heterocycles. The summed E-state index contributed by atoms with van der Waals surface area (Å²) in [5.41, 5.74) is 12.9. The maximum atomic E-state index is 4.00. The van der Waals surface area contributed by atoms with Crippen molar-refractivity contribution >= 4 is 49.2 Å². The number of nitrogens with zero attached hydrogens (tertiary/aromatic N) is 2. The first kappa shape index (κ1) is 27.9. The quantitative estimate of drug-likeness (QED) is 0.165. The van der Waals surface area contributed by atoms with E-state index in [1.807, 2.05) is 6.08 Å². The minimum absolute atomic E-state index is 1.12. The summed E-state index contributed by atoms with van der Waals surface area (Å²) in [4.78, 5) is 0. The van der Waals surface area contributed by atoms with Crippen LogP contribution < -0.4 is 0 Å². The molecule has 0 aliphatic heterocycles. The molecule has 0 unspecified atom stereocenters. The molecule has 0 N–H and O–H groups in total. The fourth-order valence-electron chi connectivity index (χ4n) is 7.38. The van der Waals surface area contributed by atoms with Crippen LogP contribution in [0.5, 0.6) is 0 Å². The Morgan fingerprint density at radius 3 is 1.56 bits per heavy atom. The third-order valence-electron chi connectivity index (χ3n) is 9.49. The van der Waals surface area contributed by atoms with Gasteiger partial charge >= 0.3 is 0 Å². The molecule has 0 saturated carbocycles. The lowest BCUT2D eigenvalue weighted by atomic mass is 9.97. The molecule has 0 radical (unpaired) electrons. The summed E-state index contributed by atoms with van der Waals surface area (Å²) in [5.74, 6) is 0. The first-order valence-corrected chi connectivity index (χ1v) is 16.4. The van der Waals surface area contributed by atoms with Crippen molar-refractivity contribution < 1.29 is 0 Å². The highest BCUT2D eigenvalue weighted by Crippen LogP contribution is 2.42. The molecule has 48 heavy (non-hydrogen) atoms. The van der Waals surface area contributed by atoms with Crippen molar-refractivity contribution in [2.24, 2.45) is 0 Å². The fraction of sp³-hybridized carbons (Fsp3) is 0. The monoisotopic (exact) mass is 612 g/mol. The van der Waals surface area contributed by atoms with E-state index in [1.54, 1.807) is 0 Å². The van der Waals surface area contributed by atoms with Crippen LogP contribution in [0.3, 0.4) is 0 Å². The third-order valence-corrected chi connectivity index (χ3v) is 9.49. The standard InChI is InChI=1S/C46H32N2/c1-2-14-38(33-17-7-4-8-18-33)34-25-27-36(28-26-34)47-43-23-11-9-21-39(43)41-29-30-42-40-22-10-12-24-44(40)48(46(42)45(41)47)37-20-13-19-35(31-37)32-15-5-3-6-16-32/h2-31H,1H2/b38-14+. The van der Waals surface area contributed by atoms with E-state index < -0.39 is 0 Å². The predicted octanol–water partition coefficient (Wildman–Crippen LogP) is 12.2. The Balaban J connectivity index is 1.34. The molecule has 2 aromatic heterocycles. The zero-order valence-corrected chi connectivity index (χ0v) is 26.4. The van der Waals surface area contributed by atoms with Gasteiger partial charge in [0.25, 0.3) is 0 Å². The van der Waals surface area contributed by atoms with Gasteiger partial charge in [-0.05, 0) is 64.2 Å². The largest absolute Gasteiger partial charge is 0.307 e. The van der Waals surface area contributed by atoms with Crippen molar-refractivity contribution in [2.75, 3.05) is 0 Å². The maximum absolute atomic E-state index is 4.00. The number of rotatable bonds is 6. The topological polar surface area (TPSA) is 9.86 Å². The number of hydrogen-bond donors (Lipinski definition) is 0. The Bertz CT molecular complexity index is 2650. The molecular weight excluding hydrogens is 581 g/mol. The second kappa shape index (κ2) is 11.5. The predicted molar refractivity (Wildman–Crippen MR) is 204 cm³/mol. The molecule has 0 aliphatic carbocycles. The number of aromatic nitrogens is 2. The van der Waals surface area contributed by atoms with E-state index in [0.29, 0.717) is 0 Å². The molecule has 0 atom stereocenters. The number of benzene rings is 7. The molecule has 0 amide bonds. The molecule has 0 saturated heterocycles. The lowest BCUT2D eigenvalue weighted by Crippen LogP contribution is -1.99. The van der Waals surface area contributed by atoms with Gasteiger partial charge in [0.2, 0.25) is 0 Å². The minimum atomic E-state index is 1.12. The highest BCUT2D eigenvalue weighted by molar-refractivity contribution is 6.23. The van der Waals surface area contributed by atoms with Crippen molar-refractivity contribution in [1.82, 2.24) is 9.13 Å². The van der Waals surface area contributed by atoms with Crippen LogP contribution in [0, 0.1) is 0 Å². The van der Waals surface area contributed by atoms with Crippen LogP contribution in [-0.4, -0.2) is 9.13 Å². The summed E-state index contributed by atoms with van der Waals surface area (Å²) in [7, 11) is 0. The van der Waals surface area contributed by atoms with Crippen molar-refractivity contribution in [3.63, 3.8) is 0 Å². The number of fused-ring (bicyclic) bond motifs is 7. The second-order valence-corrected chi connectivity index (χ2v) is 12.2. The van der Waals surface area contributed by atoms with E-state index in [0.717, 1.165) is 22.5 Å². The Hall–Kier alpha value is -6.38. The average molecular weight is 613 g/mol. The summed E-state index contributed by atoms with van der Waals surface area (Å²) < 4.78 is 4.91. The van der Waals surface area contributed by atoms with Crippen LogP contribution >= 0.6 is 0 Å². The van der Waals surface area contributed by atoms with Crippen molar-refractivity contribution in [3.8, 4) is 22.5 Å². The van der Waals surface area contributed by atoms with Gasteiger partial charge in [-0.15, -0.1) is 0 Å². The number of allylic oxidation sites excluding steroid dienone is 2. The van der Waals surface area contributed by atoms with Gasteiger partial charge < -0.3 is 9.13 Å². The van der Waals surface area contributed by atoms with Crippen molar-refractivity contribution in [3.05, 3.63) is 200 Å². The van der Waals surface area contributed by atoms with Gasteiger partial charge in [0.15, 0.2) is 0 Å². The lowest BCUT2D eigenvalue weighted by Gasteiger charge is -2.14. The zero-order valence-electron chi connectivity index (χ0n) is 26.4. The van der Waals surface area contributed by atoms with E-state index >= 15 is 0 Å². The fourth-order valence-corrected chi connectivity index (χ4v) is 7.38. The van der Waals surface area contributed by atoms with Crippen molar-refractivity contribution in [2.45, 2.75) is 0 Å². The highest BCUT2D eigenvalue weighted by Gasteiger charge is 2.21. The van der Waals surface area contributed by atoms with Crippen LogP contribution in [0.15, 0.2) is 189 Å². The molecular formula is C46H32N2. The van der Waals surface area contributed by atoms with Crippen LogP contribution in [0.4, 0.5) is 0 Å². The van der Waals surface area contributed by atoms with E-state index in [9.17, 15) is 0 Å². The Labute approximate surface area is 279 Å². The highest BCUT2D eigenvalue weighted by atomic mass is 15.0. The first-order valence-electron chi connectivity index (χ1n) is 16.4. The van der Waals surface area contributed by atoms with Gasteiger partial charge in [-0.2, -0.15) is 0 Å². The molecule has 2 nitrogen and oxygen atoms in total. The molecule has 0 fully saturated rings. The van der Waals surface area contributed by atoms with Gasteiger partial charge in [0.05, 0.1) is 22.1 Å². The lowest BCUT2D eigenvalue weighted by molar-refractivity contribution is 1.15. The summed E-state index contributed by atoms with van der Waals surface area (Å²) in [6.07, 6.45) is 3.96. The van der Waals surface area contributed by atoms with Crippen LogP contribution in [0.2, 0.25) is 0 Å². The Kier molecular flexibility index (Phi) is 6.65.